The molecule has 0 spiro atoms. The lowest BCUT2D eigenvalue weighted by molar-refractivity contribution is -0.129. The first kappa shape index (κ1) is 14.6. The van der Waals surface area contributed by atoms with E-state index in [2.05, 4.69) is 0 Å². The molecule has 1 aliphatic rings. The normalized spacial score (nSPS) is 19.4. The van der Waals surface area contributed by atoms with Crippen molar-refractivity contribution in [1.82, 2.24) is 4.90 Å². The molecule has 2 rings (SSSR count). The van der Waals surface area contributed by atoms with Crippen molar-refractivity contribution in [3.05, 3.63) is 33.8 Å². The maximum atomic E-state index is 11.6. The van der Waals surface area contributed by atoms with E-state index in [0.717, 1.165) is 5.56 Å². The molecule has 1 amide bonds. The highest BCUT2D eigenvalue weighted by atomic mass is 35.5. The molecule has 1 aromatic carbocycles. The van der Waals surface area contributed by atoms with Crippen LogP contribution in [0.1, 0.15) is 12.0 Å². The molecule has 2 N–H and O–H groups in total. The minimum Gasteiger partial charge on any atom is -0.337 e. The Morgan fingerprint density at radius 3 is 2.65 bits per heavy atom. The highest BCUT2D eigenvalue weighted by Gasteiger charge is 2.28. The second-order valence-electron chi connectivity index (χ2n) is 3.89. The van der Waals surface area contributed by atoms with Gasteiger partial charge in [0.15, 0.2) is 0 Å². The molecule has 0 aliphatic carbocycles. The Hall–Kier alpha value is -0.480. The summed E-state index contributed by atoms with van der Waals surface area (Å²) in [7, 11) is 0. The van der Waals surface area contributed by atoms with E-state index in [1.54, 1.807) is 17.0 Å². The quantitative estimate of drug-likeness (QED) is 0.911. The van der Waals surface area contributed by atoms with E-state index in [1.807, 2.05) is 6.07 Å². The van der Waals surface area contributed by atoms with Gasteiger partial charge in [-0.25, -0.2) is 0 Å². The van der Waals surface area contributed by atoms with E-state index < -0.39 is 0 Å². The van der Waals surface area contributed by atoms with Gasteiger partial charge < -0.3 is 10.6 Å². The fraction of sp³-hybridized carbons (Fsp3) is 0.364. The van der Waals surface area contributed by atoms with Gasteiger partial charge in [0.1, 0.15) is 0 Å². The molecule has 0 unspecified atom stereocenters. The Labute approximate surface area is 116 Å². The van der Waals surface area contributed by atoms with Crippen LogP contribution in [0.15, 0.2) is 18.2 Å². The van der Waals surface area contributed by atoms with Crippen molar-refractivity contribution in [3.8, 4) is 0 Å². The molecule has 1 fully saturated rings. The van der Waals surface area contributed by atoms with Gasteiger partial charge in [-0.05, 0) is 24.1 Å². The number of nitrogens with zero attached hydrogens (tertiary/aromatic N) is 1. The summed E-state index contributed by atoms with van der Waals surface area (Å²) in [5, 5.41) is 1.18. The molecule has 0 bridgehead atoms. The third-order valence-corrected chi connectivity index (χ3v) is 3.30. The Bertz CT molecular complexity index is 425. The third-order valence-electron chi connectivity index (χ3n) is 2.72. The van der Waals surface area contributed by atoms with Crippen molar-refractivity contribution >= 4 is 41.5 Å². The highest BCUT2D eigenvalue weighted by Crippen LogP contribution is 2.23. The first-order valence-electron chi connectivity index (χ1n) is 5.06. The average Bonchev–Trinajstić information content (AvgIpc) is 2.54. The molecule has 1 atom stereocenters. The Morgan fingerprint density at radius 2 is 2.12 bits per heavy atom. The van der Waals surface area contributed by atoms with Gasteiger partial charge in [-0.3, -0.25) is 4.79 Å². The van der Waals surface area contributed by atoms with Crippen LogP contribution in [-0.4, -0.2) is 23.4 Å². The molecule has 1 aliphatic heterocycles. The first-order valence-corrected chi connectivity index (χ1v) is 5.82. The number of hydrogen-bond acceptors (Lipinski definition) is 2. The summed E-state index contributed by atoms with van der Waals surface area (Å²) in [5.41, 5.74) is 6.54. The molecule has 17 heavy (non-hydrogen) atoms. The second kappa shape index (κ2) is 5.91. The maximum Gasteiger partial charge on any atom is 0.239 e. The van der Waals surface area contributed by atoms with E-state index in [-0.39, 0.29) is 24.4 Å². The van der Waals surface area contributed by atoms with Gasteiger partial charge in [-0.2, -0.15) is 0 Å². The van der Waals surface area contributed by atoms with E-state index in [9.17, 15) is 4.79 Å². The summed E-state index contributed by atoms with van der Waals surface area (Å²) < 4.78 is 0. The van der Waals surface area contributed by atoms with E-state index in [0.29, 0.717) is 29.6 Å². The summed E-state index contributed by atoms with van der Waals surface area (Å²) in [5.74, 6) is -0.00832. The van der Waals surface area contributed by atoms with Gasteiger partial charge in [0.2, 0.25) is 5.91 Å². The lowest BCUT2D eigenvalue weighted by atomic mass is 10.2. The summed E-state index contributed by atoms with van der Waals surface area (Å²) >= 11 is 11.8. The van der Waals surface area contributed by atoms with Crippen LogP contribution in [-0.2, 0) is 11.3 Å². The van der Waals surface area contributed by atoms with Crippen molar-refractivity contribution in [3.63, 3.8) is 0 Å². The molecule has 6 heteroatoms. The maximum absolute atomic E-state index is 11.6. The number of benzene rings is 1. The predicted octanol–water partition coefficient (Wildman–Crippen LogP) is 2.47. The van der Waals surface area contributed by atoms with Gasteiger partial charge >= 0.3 is 0 Å². The molecule has 1 saturated heterocycles. The smallest absolute Gasteiger partial charge is 0.239 e. The summed E-state index contributed by atoms with van der Waals surface area (Å²) in [6.07, 6.45) is 0.712. The SMILES string of the molecule is Cl.N[C@@H]1CCN(Cc2ccc(Cl)cc2Cl)C1=O. The zero-order valence-corrected chi connectivity index (χ0v) is 11.4. The molecule has 1 heterocycles. The zero-order valence-electron chi connectivity index (χ0n) is 9.03. The lowest BCUT2D eigenvalue weighted by Gasteiger charge is -2.16. The van der Waals surface area contributed by atoms with Crippen LogP contribution in [0, 0.1) is 0 Å². The predicted molar refractivity (Wildman–Crippen MR) is 71.7 cm³/mol. The number of amides is 1. The minimum absolute atomic E-state index is 0. The molecule has 0 aromatic heterocycles. The van der Waals surface area contributed by atoms with Crippen molar-refractivity contribution in [2.75, 3.05) is 6.54 Å². The van der Waals surface area contributed by atoms with E-state index in [4.69, 9.17) is 28.9 Å². The van der Waals surface area contributed by atoms with Gasteiger partial charge in [0, 0.05) is 23.1 Å². The lowest BCUT2D eigenvalue weighted by Crippen LogP contribution is -2.33. The largest absolute Gasteiger partial charge is 0.337 e. The molecule has 94 valence electrons. The van der Waals surface area contributed by atoms with Crippen LogP contribution in [0.3, 0.4) is 0 Å². The molecule has 0 radical (unpaired) electrons. The summed E-state index contributed by atoms with van der Waals surface area (Å²) in [6, 6.07) is 4.93. The van der Waals surface area contributed by atoms with Gasteiger partial charge in [-0.15, -0.1) is 12.4 Å². The summed E-state index contributed by atoms with van der Waals surface area (Å²) in [6.45, 7) is 1.20. The van der Waals surface area contributed by atoms with Gasteiger partial charge in [-0.1, -0.05) is 29.3 Å². The van der Waals surface area contributed by atoms with Crippen LogP contribution in [0.5, 0.6) is 0 Å². The number of carbonyl (C=O) groups is 1. The minimum atomic E-state index is -0.355. The molecular formula is C11H13Cl3N2O. The Kier molecular flexibility index (Phi) is 5.07. The molecular weight excluding hydrogens is 282 g/mol. The monoisotopic (exact) mass is 294 g/mol. The van der Waals surface area contributed by atoms with Crippen LogP contribution < -0.4 is 5.73 Å². The molecule has 0 saturated carbocycles. The van der Waals surface area contributed by atoms with Crippen LogP contribution in [0.2, 0.25) is 10.0 Å². The number of carbonyl (C=O) groups excluding carboxylic acids is 1. The van der Waals surface area contributed by atoms with Crippen molar-refractivity contribution in [2.24, 2.45) is 5.73 Å². The van der Waals surface area contributed by atoms with E-state index in [1.165, 1.54) is 0 Å². The molecule has 1 aromatic rings. The van der Waals surface area contributed by atoms with Gasteiger partial charge in [0.05, 0.1) is 6.04 Å². The van der Waals surface area contributed by atoms with Crippen molar-refractivity contribution in [1.29, 1.82) is 0 Å². The fourth-order valence-electron chi connectivity index (χ4n) is 1.78. The van der Waals surface area contributed by atoms with Crippen LogP contribution in [0.25, 0.3) is 0 Å². The zero-order chi connectivity index (χ0) is 11.7. The third kappa shape index (κ3) is 3.26. The van der Waals surface area contributed by atoms with Crippen LogP contribution >= 0.6 is 35.6 Å². The number of nitrogens with two attached hydrogens (primary N) is 1. The second-order valence-corrected chi connectivity index (χ2v) is 4.73. The number of halogens is 3. The Balaban J connectivity index is 0.00000144. The first-order chi connectivity index (χ1) is 7.58. The van der Waals surface area contributed by atoms with E-state index >= 15 is 0 Å². The number of rotatable bonds is 2. The van der Waals surface area contributed by atoms with Crippen molar-refractivity contribution < 1.29 is 4.79 Å². The Morgan fingerprint density at radius 1 is 1.41 bits per heavy atom. The van der Waals surface area contributed by atoms with Gasteiger partial charge in [0.25, 0.3) is 0 Å². The fourth-order valence-corrected chi connectivity index (χ4v) is 2.24. The topological polar surface area (TPSA) is 46.3 Å². The average molecular weight is 296 g/mol. The number of likely N-dealkylation sites (tertiary alicyclic amines) is 1. The molecule has 3 nitrogen and oxygen atoms in total. The highest BCUT2D eigenvalue weighted by molar-refractivity contribution is 6.35. The summed E-state index contributed by atoms with van der Waals surface area (Å²) in [4.78, 5) is 13.3. The number of hydrogen-bond donors (Lipinski definition) is 1. The van der Waals surface area contributed by atoms with Crippen molar-refractivity contribution in [2.45, 2.75) is 19.0 Å². The van der Waals surface area contributed by atoms with Crippen LogP contribution in [0.4, 0.5) is 0 Å². The standard InChI is InChI=1S/C11H12Cl2N2O.ClH/c12-8-2-1-7(9(13)5-8)6-15-4-3-10(14)11(15)16;/h1-2,5,10H,3-4,6,14H2;1H/t10-;/m1./s1.